The average molecular weight is 530 g/mol. The molecule has 0 N–H and O–H groups in total. The second kappa shape index (κ2) is 7.91. The van der Waals surface area contributed by atoms with E-state index in [0.717, 1.165) is 25.7 Å². The first-order valence-electron chi connectivity index (χ1n) is 9.41. The van der Waals surface area contributed by atoms with Gasteiger partial charge in [-0.25, -0.2) is 0 Å². The van der Waals surface area contributed by atoms with Crippen molar-refractivity contribution < 1.29 is 0 Å². The van der Waals surface area contributed by atoms with Crippen LogP contribution in [0.15, 0.2) is 68.2 Å². The molecule has 8 rings (SSSR count). The second-order valence-electron chi connectivity index (χ2n) is 7.19. The van der Waals surface area contributed by atoms with E-state index in [1.807, 2.05) is 22.7 Å². The van der Waals surface area contributed by atoms with E-state index < -0.39 is 0 Å². The van der Waals surface area contributed by atoms with Gasteiger partial charge in [0.25, 0.3) is 0 Å². The highest BCUT2D eigenvalue weighted by molar-refractivity contribution is 9.11. The highest BCUT2D eigenvalue weighted by Gasteiger charge is 2.14. The summed E-state index contributed by atoms with van der Waals surface area (Å²) in [5.41, 5.74) is 8.56. The zero-order valence-electron chi connectivity index (χ0n) is 15.2. The molecule has 4 heteroatoms. The fraction of sp³-hybridized carbons (Fsp3) is 0.167. The molecule has 2 heterocycles. The van der Waals surface area contributed by atoms with Crippen molar-refractivity contribution in [2.24, 2.45) is 0 Å². The summed E-state index contributed by atoms with van der Waals surface area (Å²) in [7, 11) is 0. The monoisotopic (exact) mass is 528 g/mol. The molecular formula is C24H18Br2S2. The van der Waals surface area contributed by atoms with E-state index in [1.165, 1.54) is 50.7 Å². The lowest BCUT2D eigenvalue weighted by atomic mass is 9.90. The molecule has 0 atom stereocenters. The largest absolute Gasteiger partial charge is 0.128 e. The Kier molecular flexibility index (Phi) is 5.31. The molecule has 2 aromatic heterocycles. The van der Waals surface area contributed by atoms with Crippen LogP contribution < -0.4 is 0 Å². The number of hydrogen-bond acceptors (Lipinski definition) is 2. The minimum Gasteiger partial charge on any atom is -0.128 e. The van der Waals surface area contributed by atoms with Gasteiger partial charge in [0.15, 0.2) is 0 Å². The molecule has 28 heavy (non-hydrogen) atoms. The molecule has 0 unspecified atom stereocenters. The van der Waals surface area contributed by atoms with Gasteiger partial charge in [-0.2, -0.15) is 0 Å². The summed E-state index contributed by atoms with van der Waals surface area (Å²) in [5, 5.41) is 0. The van der Waals surface area contributed by atoms with E-state index in [4.69, 9.17) is 0 Å². The lowest BCUT2D eigenvalue weighted by Gasteiger charge is -2.16. The molecular weight excluding hydrogens is 512 g/mol. The van der Waals surface area contributed by atoms with Gasteiger partial charge in [-0.05, 0) is 115 Å². The SMILES string of the molecule is Brc1ccc(-c2cc3ccc2CCc2ccc(c(-c4ccc(Br)s4)c2)CC3)s1. The van der Waals surface area contributed by atoms with E-state index >= 15 is 0 Å². The third kappa shape index (κ3) is 3.80. The predicted molar refractivity (Wildman–Crippen MR) is 130 cm³/mol. The Morgan fingerprint density at radius 2 is 1.00 bits per heavy atom. The topological polar surface area (TPSA) is 0 Å². The summed E-state index contributed by atoms with van der Waals surface area (Å²) >= 11 is 10.9. The molecule has 140 valence electrons. The smallest absolute Gasteiger partial charge is 0.0705 e. The number of aryl methyl sites for hydroxylation is 4. The quantitative estimate of drug-likeness (QED) is 0.244. The van der Waals surface area contributed by atoms with Crippen molar-refractivity contribution in [2.75, 3.05) is 0 Å². The van der Waals surface area contributed by atoms with Gasteiger partial charge in [0.2, 0.25) is 0 Å². The van der Waals surface area contributed by atoms with Crippen LogP contribution in [0.4, 0.5) is 0 Å². The number of hydrogen-bond donors (Lipinski definition) is 0. The van der Waals surface area contributed by atoms with Crippen LogP contribution in [0.1, 0.15) is 22.3 Å². The Morgan fingerprint density at radius 1 is 0.536 bits per heavy atom. The van der Waals surface area contributed by atoms with Crippen molar-refractivity contribution in [2.45, 2.75) is 25.7 Å². The Balaban J connectivity index is 1.57. The average Bonchev–Trinajstić information content (AvgIpc) is 3.32. The Bertz CT molecular complexity index is 1060. The Morgan fingerprint density at radius 3 is 1.39 bits per heavy atom. The fourth-order valence-corrected chi connectivity index (χ4v) is 6.80. The summed E-state index contributed by atoms with van der Waals surface area (Å²) in [6.45, 7) is 0. The number of rotatable bonds is 2. The van der Waals surface area contributed by atoms with Gasteiger partial charge in [-0.1, -0.05) is 36.4 Å². The Labute approximate surface area is 190 Å². The maximum absolute atomic E-state index is 3.63. The van der Waals surface area contributed by atoms with Gasteiger partial charge >= 0.3 is 0 Å². The minimum absolute atomic E-state index is 1.07. The fourth-order valence-electron chi connectivity index (χ4n) is 3.93. The van der Waals surface area contributed by atoms with Gasteiger partial charge in [-0.15, -0.1) is 22.7 Å². The lowest BCUT2D eigenvalue weighted by molar-refractivity contribution is 0.926. The van der Waals surface area contributed by atoms with Gasteiger partial charge in [0.05, 0.1) is 7.57 Å². The molecule has 0 amide bonds. The highest BCUT2D eigenvalue weighted by Crippen LogP contribution is 2.37. The van der Waals surface area contributed by atoms with Crippen molar-refractivity contribution in [3.8, 4) is 20.9 Å². The molecule has 0 spiro atoms. The molecule has 4 aliphatic rings. The summed E-state index contributed by atoms with van der Waals surface area (Å²) in [6.07, 6.45) is 4.27. The molecule has 2 aromatic carbocycles. The number of thiophene rings is 2. The molecule has 0 saturated carbocycles. The van der Waals surface area contributed by atoms with E-state index in [2.05, 4.69) is 92.5 Å². The van der Waals surface area contributed by atoms with Crippen LogP contribution in [0, 0.1) is 0 Å². The highest BCUT2D eigenvalue weighted by atomic mass is 79.9. The van der Waals surface area contributed by atoms with E-state index in [9.17, 15) is 0 Å². The predicted octanol–water partition coefficient (Wildman–Crippen LogP) is 8.55. The van der Waals surface area contributed by atoms with E-state index in [-0.39, 0.29) is 0 Å². The molecule has 4 bridgehead atoms. The summed E-state index contributed by atoms with van der Waals surface area (Å²) in [4.78, 5) is 2.72. The van der Waals surface area contributed by atoms with Crippen molar-refractivity contribution in [3.63, 3.8) is 0 Å². The van der Waals surface area contributed by atoms with E-state index in [0.29, 0.717) is 0 Å². The summed E-state index contributed by atoms with van der Waals surface area (Å²) in [6, 6.07) is 23.0. The molecule has 0 aliphatic heterocycles. The third-order valence-corrected chi connectivity index (χ3v) is 8.71. The second-order valence-corrected chi connectivity index (χ2v) is 12.1. The van der Waals surface area contributed by atoms with E-state index in [1.54, 1.807) is 0 Å². The van der Waals surface area contributed by atoms with Crippen LogP contribution in [-0.4, -0.2) is 0 Å². The number of benzene rings is 2. The lowest BCUT2D eigenvalue weighted by Crippen LogP contribution is -2.01. The third-order valence-electron chi connectivity index (χ3n) is 5.39. The maximum Gasteiger partial charge on any atom is 0.0705 e. The van der Waals surface area contributed by atoms with Crippen molar-refractivity contribution in [1.82, 2.24) is 0 Å². The standard InChI is InChI=1S/C24H18Br2S2/c25-23-11-9-21(27-23)19-13-15-1-5-17(19)8-4-16-2-6-18(7-3-15)20(14-16)22-10-12-24(26)28-22/h1-2,5-6,9-14H,3-4,7-8H2. The number of halogens is 2. The Hall–Kier alpha value is -1.20. The molecule has 0 nitrogen and oxygen atoms in total. The van der Waals surface area contributed by atoms with Gasteiger partial charge in [-0.3, -0.25) is 0 Å². The van der Waals surface area contributed by atoms with Crippen LogP contribution in [0.3, 0.4) is 0 Å². The minimum atomic E-state index is 1.07. The first-order valence-corrected chi connectivity index (χ1v) is 12.6. The zero-order chi connectivity index (χ0) is 19.1. The summed E-state index contributed by atoms with van der Waals surface area (Å²) < 4.78 is 2.39. The van der Waals surface area contributed by atoms with Crippen LogP contribution >= 0.6 is 54.5 Å². The summed E-state index contributed by atoms with van der Waals surface area (Å²) in [5.74, 6) is 0. The van der Waals surface area contributed by atoms with Crippen molar-refractivity contribution in [1.29, 1.82) is 0 Å². The van der Waals surface area contributed by atoms with Crippen LogP contribution in [0.2, 0.25) is 0 Å². The van der Waals surface area contributed by atoms with Crippen LogP contribution in [-0.2, 0) is 25.7 Å². The van der Waals surface area contributed by atoms with Gasteiger partial charge < -0.3 is 0 Å². The first-order chi connectivity index (χ1) is 13.7. The van der Waals surface area contributed by atoms with Crippen LogP contribution in [0.5, 0.6) is 0 Å². The van der Waals surface area contributed by atoms with Crippen molar-refractivity contribution in [3.05, 3.63) is 90.5 Å². The molecule has 0 radical (unpaired) electrons. The van der Waals surface area contributed by atoms with Crippen LogP contribution in [0.25, 0.3) is 20.9 Å². The maximum atomic E-state index is 3.63. The molecule has 0 saturated heterocycles. The molecule has 0 fully saturated rings. The van der Waals surface area contributed by atoms with Gasteiger partial charge in [0.1, 0.15) is 0 Å². The zero-order valence-corrected chi connectivity index (χ0v) is 20.0. The molecule has 4 aromatic rings. The van der Waals surface area contributed by atoms with Gasteiger partial charge in [0, 0.05) is 9.75 Å². The normalized spacial score (nSPS) is 13.5. The first kappa shape index (κ1) is 18.8. The van der Waals surface area contributed by atoms with Crippen molar-refractivity contribution >= 4 is 54.5 Å². The molecule has 4 aliphatic carbocycles.